The number of anilines is 2. The van der Waals surface area contributed by atoms with Gasteiger partial charge in [0.15, 0.2) is 5.11 Å². The van der Waals surface area contributed by atoms with E-state index in [9.17, 15) is 0 Å². The maximum Gasteiger partial charge on any atom is 0.204 e. The number of halogens is 2. The van der Waals surface area contributed by atoms with Gasteiger partial charge in [-0.05, 0) is 48.6 Å². The molecule has 7 heteroatoms. The van der Waals surface area contributed by atoms with Crippen molar-refractivity contribution < 1.29 is 0 Å². The zero-order chi connectivity index (χ0) is 16.2. The van der Waals surface area contributed by atoms with Crippen LogP contribution in [0.1, 0.15) is 0 Å². The Morgan fingerprint density at radius 3 is 2.74 bits per heavy atom. The highest BCUT2D eigenvalue weighted by atomic mass is 79.9. The van der Waals surface area contributed by atoms with Gasteiger partial charge in [0.25, 0.3) is 0 Å². The largest absolute Gasteiger partial charge is 0.332 e. The normalized spacial score (nSPS) is 13.7. The van der Waals surface area contributed by atoms with E-state index in [0.29, 0.717) is 16.7 Å². The molecule has 0 amide bonds. The van der Waals surface area contributed by atoms with Gasteiger partial charge in [-0.25, -0.2) is 0 Å². The molecule has 23 heavy (non-hydrogen) atoms. The van der Waals surface area contributed by atoms with E-state index in [-0.39, 0.29) is 0 Å². The van der Waals surface area contributed by atoms with Gasteiger partial charge >= 0.3 is 0 Å². The highest BCUT2D eigenvalue weighted by Crippen LogP contribution is 2.19. The van der Waals surface area contributed by atoms with E-state index in [4.69, 9.17) is 23.8 Å². The van der Waals surface area contributed by atoms with Crippen LogP contribution in [0.2, 0.25) is 5.02 Å². The van der Waals surface area contributed by atoms with Gasteiger partial charge in [-0.1, -0.05) is 39.7 Å². The van der Waals surface area contributed by atoms with E-state index in [2.05, 4.69) is 31.6 Å². The zero-order valence-corrected chi connectivity index (χ0v) is 15.3. The van der Waals surface area contributed by atoms with E-state index in [1.54, 1.807) is 0 Å². The van der Waals surface area contributed by atoms with E-state index in [0.717, 1.165) is 28.4 Å². The Bertz CT molecular complexity index is 765. The summed E-state index contributed by atoms with van der Waals surface area (Å²) in [4.78, 5) is 6.43. The fraction of sp³-hybridized carbons (Fsp3) is 0.125. The molecule has 0 aliphatic carbocycles. The van der Waals surface area contributed by atoms with Gasteiger partial charge in [-0.2, -0.15) is 0 Å². The summed E-state index contributed by atoms with van der Waals surface area (Å²) in [5.74, 6) is 0.739. The standard InChI is InChI=1S/C16H14BrClN4S/c17-11-3-1-5-13(9-11)20-15-19-7-8-22(15)16(23)21-14-6-2-4-12(18)10-14/h1-6,9-10H,7-8H2,(H,19,20)(H,21,23). The van der Waals surface area contributed by atoms with Crippen molar-refractivity contribution in [2.45, 2.75) is 0 Å². The molecule has 0 saturated carbocycles. The van der Waals surface area contributed by atoms with Gasteiger partial charge in [0, 0.05) is 27.4 Å². The van der Waals surface area contributed by atoms with Crippen molar-refractivity contribution in [3.05, 3.63) is 58.0 Å². The van der Waals surface area contributed by atoms with Crippen molar-refractivity contribution in [3.8, 4) is 0 Å². The summed E-state index contributed by atoms with van der Waals surface area (Å²) in [5.41, 5.74) is 1.81. The molecule has 0 aromatic heterocycles. The molecular weight excluding hydrogens is 396 g/mol. The molecule has 0 atom stereocenters. The lowest BCUT2D eigenvalue weighted by Crippen LogP contribution is -2.40. The summed E-state index contributed by atoms with van der Waals surface area (Å²) >= 11 is 15.0. The van der Waals surface area contributed by atoms with Crippen molar-refractivity contribution in [2.24, 2.45) is 4.99 Å². The van der Waals surface area contributed by atoms with Crippen LogP contribution >= 0.6 is 39.7 Å². The van der Waals surface area contributed by atoms with E-state index < -0.39 is 0 Å². The monoisotopic (exact) mass is 408 g/mol. The maximum absolute atomic E-state index is 6.00. The summed E-state index contributed by atoms with van der Waals surface area (Å²) in [6.07, 6.45) is 0. The van der Waals surface area contributed by atoms with E-state index >= 15 is 0 Å². The average molecular weight is 410 g/mol. The topological polar surface area (TPSA) is 39.7 Å². The molecule has 1 heterocycles. The maximum atomic E-state index is 6.00. The first-order valence-corrected chi connectivity index (χ1v) is 8.61. The van der Waals surface area contributed by atoms with Crippen LogP contribution in [0.4, 0.5) is 11.4 Å². The lowest BCUT2D eigenvalue weighted by molar-refractivity contribution is 0.674. The predicted molar refractivity (Wildman–Crippen MR) is 104 cm³/mol. The molecule has 2 aromatic carbocycles. The summed E-state index contributed by atoms with van der Waals surface area (Å²) < 4.78 is 1.01. The Morgan fingerprint density at radius 1 is 1.17 bits per heavy atom. The van der Waals surface area contributed by atoms with Gasteiger partial charge in [-0.3, -0.25) is 9.89 Å². The number of benzene rings is 2. The minimum Gasteiger partial charge on any atom is -0.332 e. The number of aliphatic imine (C=N–C) groups is 1. The van der Waals surface area contributed by atoms with Crippen molar-refractivity contribution in [3.63, 3.8) is 0 Å². The molecule has 0 bridgehead atoms. The summed E-state index contributed by atoms with van der Waals surface area (Å²) in [6, 6.07) is 15.4. The third kappa shape index (κ3) is 4.22. The molecule has 4 nitrogen and oxygen atoms in total. The van der Waals surface area contributed by atoms with Gasteiger partial charge in [0.05, 0.1) is 6.54 Å². The number of rotatable bonds is 2. The molecule has 0 spiro atoms. The van der Waals surface area contributed by atoms with Gasteiger partial charge in [-0.15, -0.1) is 0 Å². The van der Waals surface area contributed by atoms with Crippen LogP contribution in [0.3, 0.4) is 0 Å². The Morgan fingerprint density at radius 2 is 1.96 bits per heavy atom. The fourth-order valence-corrected chi connectivity index (χ4v) is 3.09. The molecule has 2 N–H and O–H groups in total. The fourth-order valence-electron chi connectivity index (χ4n) is 2.20. The van der Waals surface area contributed by atoms with Crippen molar-refractivity contribution in [1.82, 2.24) is 4.90 Å². The van der Waals surface area contributed by atoms with Gasteiger partial charge < -0.3 is 10.6 Å². The minimum absolute atomic E-state index is 0.589. The molecule has 0 fully saturated rings. The molecule has 1 aliphatic heterocycles. The SMILES string of the molecule is S=C(Nc1cccc(Cl)c1)N1CCN=C1Nc1cccc(Br)c1. The number of hydrogen-bond donors (Lipinski definition) is 2. The summed E-state index contributed by atoms with van der Waals surface area (Å²) in [5, 5.41) is 7.75. The van der Waals surface area contributed by atoms with Crippen LogP contribution in [0.25, 0.3) is 0 Å². The lowest BCUT2D eigenvalue weighted by atomic mass is 10.3. The summed E-state index contributed by atoms with van der Waals surface area (Å²) in [7, 11) is 0. The quantitative estimate of drug-likeness (QED) is 0.712. The van der Waals surface area contributed by atoms with Crippen molar-refractivity contribution >= 4 is 62.2 Å². The molecule has 118 valence electrons. The van der Waals surface area contributed by atoms with Crippen LogP contribution in [0, 0.1) is 0 Å². The smallest absolute Gasteiger partial charge is 0.204 e. The molecule has 0 unspecified atom stereocenters. The van der Waals surface area contributed by atoms with Crippen LogP contribution in [0.5, 0.6) is 0 Å². The average Bonchev–Trinajstić information content (AvgIpc) is 2.95. The highest BCUT2D eigenvalue weighted by molar-refractivity contribution is 9.10. The second-order valence-corrected chi connectivity index (χ2v) is 6.67. The Balaban J connectivity index is 1.69. The number of nitrogens with zero attached hydrogens (tertiary/aromatic N) is 2. The lowest BCUT2D eigenvalue weighted by Gasteiger charge is -2.22. The second-order valence-electron chi connectivity index (χ2n) is 4.93. The van der Waals surface area contributed by atoms with E-state index in [1.807, 2.05) is 53.4 Å². The third-order valence-corrected chi connectivity index (χ3v) is 4.29. The predicted octanol–water partition coefficient (Wildman–Crippen LogP) is 4.58. The number of guanidine groups is 1. The van der Waals surface area contributed by atoms with Crippen molar-refractivity contribution in [1.29, 1.82) is 0 Å². The molecule has 2 aromatic rings. The highest BCUT2D eigenvalue weighted by Gasteiger charge is 2.21. The van der Waals surface area contributed by atoms with Crippen LogP contribution in [-0.4, -0.2) is 29.1 Å². The zero-order valence-electron chi connectivity index (χ0n) is 12.1. The van der Waals surface area contributed by atoms with Crippen LogP contribution < -0.4 is 10.6 Å². The molecular formula is C16H14BrClN4S. The van der Waals surface area contributed by atoms with Gasteiger partial charge in [0.2, 0.25) is 5.96 Å². The first-order chi connectivity index (χ1) is 11.1. The van der Waals surface area contributed by atoms with Crippen LogP contribution in [0.15, 0.2) is 58.0 Å². The number of thiocarbonyl (C=S) groups is 1. The second kappa shape index (κ2) is 7.29. The molecule has 0 radical (unpaired) electrons. The minimum atomic E-state index is 0.589. The van der Waals surface area contributed by atoms with Gasteiger partial charge in [0.1, 0.15) is 0 Å². The molecule has 1 aliphatic rings. The van der Waals surface area contributed by atoms with Crippen molar-refractivity contribution in [2.75, 3.05) is 23.7 Å². The number of hydrogen-bond acceptors (Lipinski definition) is 3. The Hall–Kier alpha value is -1.63. The summed E-state index contributed by atoms with van der Waals surface area (Å²) in [6.45, 7) is 1.44. The Kier molecular flexibility index (Phi) is 5.15. The first-order valence-electron chi connectivity index (χ1n) is 7.03. The Labute approximate surface area is 153 Å². The van der Waals surface area contributed by atoms with E-state index in [1.165, 1.54) is 0 Å². The third-order valence-electron chi connectivity index (χ3n) is 3.24. The first kappa shape index (κ1) is 16.2. The number of nitrogens with one attached hydrogen (secondary N) is 2. The molecule has 3 rings (SSSR count). The van der Waals surface area contributed by atoms with Crippen LogP contribution in [-0.2, 0) is 0 Å². The molecule has 0 saturated heterocycles.